The Bertz CT molecular complexity index is 1180. The zero-order valence-electron chi connectivity index (χ0n) is 22.3. The molecule has 1 aromatic heterocycles. The number of piperazine rings is 2. The number of rotatable bonds is 7. The molecular formula is C26H40N6O3S. The van der Waals surface area contributed by atoms with E-state index in [1.165, 1.54) is 15.4 Å². The number of aromatic nitrogens is 2. The number of benzene rings is 1. The van der Waals surface area contributed by atoms with Crippen molar-refractivity contribution in [2.45, 2.75) is 46.2 Å². The van der Waals surface area contributed by atoms with Gasteiger partial charge in [-0.2, -0.15) is 9.40 Å². The number of carbonyl (C=O) groups is 1. The summed E-state index contributed by atoms with van der Waals surface area (Å²) >= 11 is 0. The minimum Gasteiger partial charge on any atom is -0.369 e. The van der Waals surface area contributed by atoms with Crippen molar-refractivity contribution in [3.05, 3.63) is 41.1 Å². The molecular weight excluding hydrogens is 476 g/mol. The normalized spacial score (nSPS) is 18.3. The number of carbonyl (C=O) groups excluding carboxylic acids is 1. The Hall–Kier alpha value is -2.43. The van der Waals surface area contributed by atoms with Gasteiger partial charge in [-0.3, -0.25) is 14.4 Å². The molecule has 1 amide bonds. The maximum Gasteiger partial charge on any atom is 0.263 e. The van der Waals surface area contributed by atoms with Crippen molar-refractivity contribution in [3.63, 3.8) is 0 Å². The Morgan fingerprint density at radius 2 is 1.67 bits per heavy atom. The molecule has 0 spiro atoms. The molecule has 2 saturated heterocycles. The van der Waals surface area contributed by atoms with Crippen molar-refractivity contribution < 1.29 is 13.2 Å². The summed E-state index contributed by atoms with van der Waals surface area (Å²) in [4.78, 5) is 19.8. The van der Waals surface area contributed by atoms with Crippen LogP contribution in [0.25, 0.3) is 0 Å². The molecule has 0 bridgehead atoms. The lowest BCUT2D eigenvalue weighted by molar-refractivity contribution is 0.0620. The van der Waals surface area contributed by atoms with Crippen molar-refractivity contribution in [2.75, 3.05) is 63.8 Å². The van der Waals surface area contributed by atoms with Gasteiger partial charge < -0.3 is 9.80 Å². The summed E-state index contributed by atoms with van der Waals surface area (Å²) in [5, 5.41) is 4.25. The largest absolute Gasteiger partial charge is 0.369 e. The lowest BCUT2D eigenvalue weighted by Gasteiger charge is -2.36. The Morgan fingerprint density at radius 1 is 1.00 bits per heavy atom. The molecule has 2 aliphatic heterocycles. The topological polar surface area (TPSA) is 82.0 Å². The average molecular weight is 517 g/mol. The van der Waals surface area contributed by atoms with E-state index in [1.807, 2.05) is 6.92 Å². The van der Waals surface area contributed by atoms with E-state index >= 15 is 0 Å². The Labute approximate surface area is 215 Å². The van der Waals surface area contributed by atoms with E-state index in [-0.39, 0.29) is 16.5 Å². The lowest BCUT2D eigenvalue weighted by Crippen LogP contribution is -2.50. The van der Waals surface area contributed by atoms with Crippen LogP contribution < -0.4 is 4.90 Å². The fraction of sp³-hybridized carbons (Fsp3) is 0.615. The number of nitrogens with zero attached hydrogens (tertiary/aromatic N) is 6. The van der Waals surface area contributed by atoms with Crippen molar-refractivity contribution in [2.24, 2.45) is 5.92 Å². The van der Waals surface area contributed by atoms with E-state index in [9.17, 15) is 13.2 Å². The molecule has 1 aromatic carbocycles. The van der Waals surface area contributed by atoms with Crippen LogP contribution in [-0.2, 0) is 16.6 Å². The van der Waals surface area contributed by atoms with E-state index in [2.05, 4.69) is 60.8 Å². The van der Waals surface area contributed by atoms with Crippen LogP contribution in [0.15, 0.2) is 29.4 Å². The van der Waals surface area contributed by atoms with Gasteiger partial charge in [0, 0.05) is 77.3 Å². The molecule has 9 nitrogen and oxygen atoms in total. The molecule has 2 fully saturated rings. The van der Waals surface area contributed by atoms with Gasteiger partial charge in [-0.05, 0) is 43.9 Å². The van der Waals surface area contributed by atoms with Gasteiger partial charge >= 0.3 is 0 Å². The third kappa shape index (κ3) is 5.60. The summed E-state index contributed by atoms with van der Waals surface area (Å²) < 4.78 is 30.5. The third-order valence-corrected chi connectivity index (χ3v) is 8.93. The van der Waals surface area contributed by atoms with Crippen molar-refractivity contribution in [1.82, 2.24) is 23.9 Å². The highest BCUT2D eigenvalue weighted by atomic mass is 32.2. The van der Waals surface area contributed by atoms with Crippen molar-refractivity contribution >= 4 is 21.6 Å². The molecule has 36 heavy (non-hydrogen) atoms. The lowest BCUT2D eigenvalue weighted by atomic mass is 10.1. The van der Waals surface area contributed by atoms with Crippen LogP contribution in [0, 0.1) is 19.8 Å². The third-order valence-electron chi connectivity index (χ3n) is 7.09. The number of hydrogen-bond donors (Lipinski definition) is 0. The van der Waals surface area contributed by atoms with Crippen molar-refractivity contribution in [1.29, 1.82) is 0 Å². The van der Waals surface area contributed by atoms with E-state index in [0.29, 0.717) is 51.7 Å². The minimum atomic E-state index is -3.90. The predicted octanol–water partition coefficient (Wildman–Crippen LogP) is 2.44. The monoisotopic (exact) mass is 516 g/mol. The molecule has 4 rings (SSSR count). The molecule has 0 atom stereocenters. The molecule has 2 aliphatic rings. The number of sulfonamides is 1. The maximum atomic E-state index is 13.7. The Morgan fingerprint density at radius 3 is 2.28 bits per heavy atom. The second-order valence-corrected chi connectivity index (χ2v) is 12.2. The van der Waals surface area contributed by atoms with Gasteiger partial charge in [-0.25, -0.2) is 8.42 Å². The van der Waals surface area contributed by atoms with Crippen LogP contribution in [0.5, 0.6) is 0 Å². The van der Waals surface area contributed by atoms with Crippen LogP contribution in [0.2, 0.25) is 0 Å². The SMILES string of the molecule is CCn1cc(C(=O)N2CCN(CC(C)C)CC2)c(S(=O)(=O)N2CCN(c3cc(C)ccc3C)CC2)n1. The Balaban J connectivity index is 1.50. The standard InChI is InChI=1S/C26H40N6O3S/c1-6-31-19-23(26(33)30-11-9-28(10-12-30)18-20(2)3)25(27-31)36(34,35)32-15-13-29(14-16-32)24-17-21(4)7-8-22(24)5/h7-8,17,19-20H,6,9-16,18H2,1-5H3. The van der Waals surface area contributed by atoms with Gasteiger partial charge in [0.2, 0.25) is 5.03 Å². The molecule has 10 heteroatoms. The first kappa shape index (κ1) is 26.6. The minimum absolute atomic E-state index is 0.112. The van der Waals surface area contributed by atoms with Crippen LogP contribution in [0.3, 0.4) is 0 Å². The summed E-state index contributed by atoms with van der Waals surface area (Å²) in [6.07, 6.45) is 1.60. The molecule has 3 heterocycles. The molecule has 0 radical (unpaired) electrons. The average Bonchev–Trinajstić information content (AvgIpc) is 3.31. The van der Waals surface area contributed by atoms with Gasteiger partial charge in [0.15, 0.2) is 0 Å². The van der Waals surface area contributed by atoms with Crippen LogP contribution in [0.1, 0.15) is 42.3 Å². The quantitative estimate of drug-likeness (QED) is 0.562. The number of hydrogen-bond acceptors (Lipinski definition) is 6. The fourth-order valence-electron chi connectivity index (χ4n) is 5.07. The summed E-state index contributed by atoms with van der Waals surface area (Å²) in [5.74, 6) is 0.327. The van der Waals surface area contributed by atoms with Crippen LogP contribution in [-0.4, -0.2) is 97.1 Å². The molecule has 0 aliphatic carbocycles. The van der Waals surface area contributed by atoms with Gasteiger partial charge in [-0.15, -0.1) is 0 Å². The number of aryl methyl sites for hydroxylation is 3. The summed E-state index contributed by atoms with van der Waals surface area (Å²) in [6.45, 7) is 16.6. The van der Waals surface area contributed by atoms with Gasteiger partial charge in [0.1, 0.15) is 0 Å². The summed E-state index contributed by atoms with van der Waals surface area (Å²) in [5.41, 5.74) is 3.70. The molecule has 198 valence electrons. The van der Waals surface area contributed by atoms with Gasteiger partial charge in [0.25, 0.3) is 15.9 Å². The second kappa shape index (κ2) is 10.9. The van der Waals surface area contributed by atoms with Gasteiger partial charge in [0.05, 0.1) is 5.56 Å². The van der Waals surface area contributed by atoms with E-state index in [0.717, 1.165) is 25.3 Å². The number of anilines is 1. The molecule has 0 saturated carbocycles. The highest BCUT2D eigenvalue weighted by Crippen LogP contribution is 2.26. The fourth-order valence-corrected chi connectivity index (χ4v) is 6.59. The summed E-state index contributed by atoms with van der Waals surface area (Å²) in [6, 6.07) is 6.35. The highest BCUT2D eigenvalue weighted by Gasteiger charge is 2.36. The highest BCUT2D eigenvalue weighted by molar-refractivity contribution is 7.89. The smallest absolute Gasteiger partial charge is 0.263 e. The van der Waals surface area contributed by atoms with E-state index < -0.39 is 10.0 Å². The first-order valence-electron chi connectivity index (χ1n) is 13.0. The zero-order valence-corrected chi connectivity index (χ0v) is 23.1. The Kier molecular flexibility index (Phi) is 8.06. The van der Waals surface area contributed by atoms with Crippen LogP contribution >= 0.6 is 0 Å². The first-order valence-corrected chi connectivity index (χ1v) is 14.5. The summed E-state index contributed by atoms with van der Waals surface area (Å²) in [7, 11) is -3.90. The number of amides is 1. The predicted molar refractivity (Wildman–Crippen MR) is 142 cm³/mol. The maximum absolute atomic E-state index is 13.7. The van der Waals surface area contributed by atoms with Crippen molar-refractivity contribution in [3.8, 4) is 0 Å². The van der Waals surface area contributed by atoms with Crippen LogP contribution in [0.4, 0.5) is 5.69 Å². The van der Waals surface area contributed by atoms with Gasteiger partial charge in [-0.1, -0.05) is 26.0 Å². The molecule has 2 aromatic rings. The van der Waals surface area contributed by atoms with E-state index in [1.54, 1.807) is 15.8 Å². The molecule has 0 unspecified atom stereocenters. The molecule has 0 N–H and O–H groups in total. The zero-order chi connectivity index (χ0) is 26.0. The van der Waals surface area contributed by atoms with E-state index in [4.69, 9.17) is 0 Å². The second-order valence-electron chi connectivity index (χ2n) is 10.4. The first-order chi connectivity index (χ1) is 17.1.